The number of esters is 2. The Morgan fingerprint density at radius 2 is 1.47 bits per heavy atom. The third kappa shape index (κ3) is 5.85. The molecule has 154 valence electrons. The van der Waals surface area contributed by atoms with Gasteiger partial charge in [0.05, 0.1) is 12.2 Å². The summed E-state index contributed by atoms with van der Waals surface area (Å²) in [5, 5.41) is 0. The number of hydrogen-bond donors (Lipinski definition) is 0. The molecular weight excluding hydrogens is 384 g/mol. The predicted molar refractivity (Wildman–Crippen MR) is 111 cm³/mol. The van der Waals surface area contributed by atoms with Gasteiger partial charge < -0.3 is 18.9 Å². The van der Waals surface area contributed by atoms with Gasteiger partial charge in [0.2, 0.25) is 0 Å². The van der Waals surface area contributed by atoms with Gasteiger partial charge in [-0.05, 0) is 49.4 Å². The van der Waals surface area contributed by atoms with Crippen molar-refractivity contribution < 1.29 is 28.5 Å². The van der Waals surface area contributed by atoms with E-state index in [4.69, 9.17) is 18.9 Å². The summed E-state index contributed by atoms with van der Waals surface area (Å²) in [6.07, 6.45) is 0. The Kier molecular flexibility index (Phi) is 7.44. The molecule has 0 unspecified atom stereocenters. The second-order valence-electron chi connectivity index (χ2n) is 6.14. The molecular formula is C24H22O6. The van der Waals surface area contributed by atoms with Gasteiger partial charge in [0.25, 0.3) is 0 Å². The molecule has 0 aliphatic rings. The van der Waals surface area contributed by atoms with E-state index in [-0.39, 0.29) is 24.5 Å². The van der Waals surface area contributed by atoms with Crippen LogP contribution in [0.2, 0.25) is 0 Å². The highest BCUT2D eigenvalue weighted by atomic mass is 16.6. The minimum atomic E-state index is -0.599. The van der Waals surface area contributed by atoms with Crippen molar-refractivity contribution in [3.63, 3.8) is 0 Å². The Morgan fingerprint density at radius 3 is 2.27 bits per heavy atom. The van der Waals surface area contributed by atoms with E-state index in [2.05, 4.69) is 0 Å². The molecule has 0 aliphatic heterocycles. The topological polar surface area (TPSA) is 71.1 Å². The lowest BCUT2D eigenvalue weighted by Crippen LogP contribution is -2.15. The lowest BCUT2D eigenvalue weighted by atomic mass is 10.2. The number of hydrogen-bond acceptors (Lipinski definition) is 6. The van der Waals surface area contributed by atoms with Gasteiger partial charge in [-0.3, -0.25) is 0 Å². The van der Waals surface area contributed by atoms with Crippen LogP contribution in [0.25, 0.3) is 0 Å². The molecule has 3 aromatic carbocycles. The molecule has 3 rings (SSSR count). The monoisotopic (exact) mass is 406 g/mol. The molecule has 0 aromatic heterocycles. The average Bonchev–Trinajstić information content (AvgIpc) is 2.78. The maximum atomic E-state index is 12.5. The quantitative estimate of drug-likeness (QED) is 0.295. The molecule has 0 atom stereocenters. The maximum absolute atomic E-state index is 12.5. The van der Waals surface area contributed by atoms with Gasteiger partial charge in [0, 0.05) is 0 Å². The van der Waals surface area contributed by atoms with Crippen LogP contribution in [0.15, 0.2) is 78.9 Å². The van der Waals surface area contributed by atoms with Crippen molar-refractivity contribution in [1.82, 2.24) is 0 Å². The molecule has 0 amide bonds. The Hall–Kier alpha value is -3.80. The number of para-hydroxylation sites is 2. The first kappa shape index (κ1) is 20.9. The lowest BCUT2D eigenvalue weighted by molar-refractivity contribution is 0.0445. The van der Waals surface area contributed by atoms with Crippen LogP contribution in [0.1, 0.15) is 27.6 Å². The molecule has 0 fully saturated rings. The maximum Gasteiger partial charge on any atom is 0.343 e. The molecule has 30 heavy (non-hydrogen) atoms. The summed E-state index contributed by atoms with van der Waals surface area (Å²) < 4.78 is 21.6. The average molecular weight is 406 g/mol. The van der Waals surface area contributed by atoms with E-state index in [0.717, 1.165) is 0 Å². The smallest absolute Gasteiger partial charge is 0.343 e. The fraction of sp³-hybridized carbons (Fsp3) is 0.167. The van der Waals surface area contributed by atoms with Crippen LogP contribution >= 0.6 is 0 Å². The van der Waals surface area contributed by atoms with Crippen LogP contribution in [0, 0.1) is 0 Å². The SMILES string of the molecule is CCOc1cccc(C(=O)Oc2ccccc2C(=O)OCCOc2ccccc2)c1. The van der Waals surface area contributed by atoms with Crippen molar-refractivity contribution >= 4 is 11.9 Å². The molecule has 0 saturated heterocycles. The second kappa shape index (κ2) is 10.7. The second-order valence-corrected chi connectivity index (χ2v) is 6.14. The van der Waals surface area contributed by atoms with Crippen molar-refractivity contribution in [2.45, 2.75) is 6.92 Å². The molecule has 6 heteroatoms. The molecule has 0 N–H and O–H groups in total. The molecule has 6 nitrogen and oxygen atoms in total. The molecule has 0 bridgehead atoms. The van der Waals surface area contributed by atoms with Crippen molar-refractivity contribution in [3.8, 4) is 17.2 Å². The number of ether oxygens (including phenoxy) is 4. The van der Waals surface area contributed by atoms with E-state index in [1.165, 1.54) is 0 Å². The summed E-state index contributed by atoms with van der Waals surface area (Å²) in [6.45, 7) is 2.62. The highest BCUT2D eigenvalue weighted by Crippen LogP contribution is 2.22. The normalized spacial score (nSPS) is 10.2. The Balaban J connectivity index is 1.60. The number of rotatable bonds is 9. The zero-order chi connectivity index (χ0) is 21.2. The van der Waals surface area contributed by atoms with E-state index in [1.54, 1.807) is 48.5 Å². The zero-order valence-corrected chi connectivity index (χ0v) is 16.6. The summed E-state index contributed by atoms with van der Waals surface area (Å²) in [4.78, 5) is 25.0. The first-order valence-corrected chi connectivity index (χ1v) is 9.56. The standard InChI is InChI=1S/C24H22O6/c1-2-27-20-12-8-9-18(17-20)23(25)30-22-14-7-6-13-21(22)24(26)29-16-15-28-19-10-4-3-5-11-19/h3-14,17H,2,15-16H2,1H3. The largest absolute Gasteiger partial charge is 0.494 e. The van der Waals surface area contributed by atoms with Gasteiger partial charge in [-0.2, -0.15) is 0 Å². The van der Waals surface area contributed by atoms with E-state index < -0.39 is 11.9 Å². The van der Waals surface area contributed by atoms with Crippen molar-refractivity contribution in [2.75, 3.05) is 19.8 Å². The molecule has 0 saturated carbocycles. The third-order valence-corrected chi connectivity index (χ3v) is 4.02. The Bertz CT molecular complexity index is 984. The lowest BCUT2D eigenvalue weighted by Gasteiger charge is -2.11. The van der Waals surface area contributed by atoms with Crippen LogP contribution in [-0.4, -0.2) is 31.8 Å². The van der Waals surface area contributed by atoms with Crippen molar-refractivity contribution in [3.05, 3.63) is 90.0 Å². The fourth-order valence-electron chi connectivity index (χ4n) is 2.65. The van der Waals surface area contributed by atoms with E-state index in [1.807, 2.05) is 37.3 Å². The molecule has 0 heterocycles. The highest BCUT2D eigenvalue weighted by molar-refractivity contribution is 5.96. The van der Waals surface area contributed by atoms with Crippen LogP contribution < -0.4 is 14.2 Å². The van der Waals surface area contributed by atoms with Gasteiger partial charge in [0.15, 0.2) is 0 Å². The first-order chi connectivity index (χ1) is 14.7. The zero-order valence-electron chi connectivity index (χ0n) is 16.6. The molecule has 0 aliphatic carbocycles. The van der Waals surface area contributed by atoms with E-state index in [0.29, 0.717) is 23.7 Å². The van der Waals surface area contributed by atoms with Crippen LogP contribution in [0.3, 0.4) is 0 Å². The minimum absolute atomic E-state index is 0.0619. The van der Waals surface area contributed by atoms with E-state index in [9.17, 15) is 9.59 Å². The number of carbonyl (C=O) groups is 2. The summed E-state index contributed by atoms with van der Waals surface area (Å²) in [5.74, 6) is 0.191. The Labute approximate surface area is 175 Å². The molecule has 0 radical (unpaired) electrons. The summed E-state index contributed by atoms with van der Waals surface area (Å²) in [6, 6.07) is 22.3. The summed E-state index contributed by atoms with van der Waals surface area (Å²) in [5.41, 5.74) is 0.479. The minimum Gasteiger partial charge on any atom is -0.494 e. The predicted octanol–water partition coefficient (Wildman–Crippen LogP) is 4.54. The van der Waals surface area contributed by atoms with Crippen molar-refractivity contribution in [2.24, 2.45) is 0 Å². The van der Waals surface area contributed by atoms with Gasteiger partial charge in [0.1, 0.15) is 36.0 Å². The first-order valence-electron chi connectivity index (χ1n) is 9.56. The summed E-state index contributed by atoms with van der Waals surface area (Å²) >= 11 is 0. The van der Waals surface area contributed by atoms with Crippen molar-refractivity contribution in [1.29, 1.82) is 0 Å². The van der Waals surface area contributed by atoms with Gasteiger partial charge in [-0.25, -0.2) is 9.59 Å². The van der Waals surface area contributed by atoms with Crippen LogP contribution in [0.5, 0.6) is 17.2 Å². The third-order valence-electron chi connectivity index (χ3n) is 4.02. The number of benzene rings is 3. The Morgan fingerprint density at radius 1 is 0.733 bits per heavy atom. The van der Waals surface area contributed by atoms with Crippen LogP contribution in [-0.2, 0) is 4.74 Å². The van der Waals surface area contributed by atoms with E-state index >= 15 is 0 Å². The number of carbonyl (C=O) groups excluding carboxylic acids is 2. The van der Waals surface area contributed by atoms with Gasteiger partial charge in [-0.1, -0.05) is 36.4 Å². The molecule has 0 spiro atoms. The highest BCUT2D eigenvalue weighted by Gasteiger charge is 2.17. The summed E-state index contributed by atoms with van der Waals surface area (Å²) in [7, 11) is 0. The van der Waals surface area contributed by atoms with Crippen LogP contribution in [0.4, 0.5) is 0 Å². The fourth-order valence-corrected chi connectivity index (χ4v) is 2.65. The van der Waals surface area contributed by atoms with Gasteiger partial charge in [-0.15, -0.1) is 0 Å². The van der Waals surface area contributed by atoms with Gasteiger partial charge >= 0.3 is 11.9 Å². The molecule has 3 aromatic rings.